The fourth-order valence-electron chi connectivity index (χ4n) is 4.79. The number of benzene rings is 1. The Labute approximate surface area is 193 Å². The molecule has 1 aromatic carbocycles. The Morgan fingerprint density at radius 2 is 2.09 bits per heavy atom. The second-order valence-electron chi connectivity index (χ2n) is 8.57. The molecule has 1 fully saturated rings. The van der Waals surface area contributed by atoms with Gasteiger partial charge in [0.05, 0.1) is 29.8 Å². The molecule has 0 aliphatic carbocycles. The molecule has 6 rings (SSSR count). The minimum atomic E-state index is -0.475. The number of anilines is 2. The van der Waals surface area contributed by atoms with Crippen LogP contribution in [0.4, 0.5) is 16.4 Å². The summed E-state index contributed by atoms with van der Waals surface area (Å²) < 4.78 is 12.6. The number of carbonyl (C=O) groups is 2. The molecule has 2 amide bonds. The minimum absolute atomic E-state index is 0.0233. The predicted octanol–water partition coefficient (Wildman–Crippen LogP) is 1.22. The number of para-hydroxylation sites is 1. The molecule has 0 unspecified atom stereocenters. The summed E-state index contributed by atoms with van der Waals surface area (Å²) in [6.45, 7) is 1.57. The van der Waals surface area contributed by atoms with Crippen molar-refractivity contribution in [2.24, 2.45) is 0 Å². The molecule has 2 aromatic heterocycles. The van der Waals surface area contributed by atoms with Gasteiger partial charge in [0.15, 0.2) is 18.2 Å². The summed E-state index contributed by atoms with van der Waals surface area (Å²) in [7, 11) is 0. The van der Waals surface area contributed by atoms with Crippen LogP contribution in [0.5, 0.6) is 5.75 Å². The number of hydrogen-bond donors (Lipinski definition) is 2. The maximum absolute atomic E-state index is 12.4. The molecule has 3 aliphatic heterocycles. The molecule has 34 heavy (non-hydrogen) atoms. The van der Waals surface area contributed by atoms with Crippen molar-refractivity contribution in [1.29, 1.82) is 0 Å². The molecule has 5 heterocycles. The Bertz CT molecular complexity index is 1370. The number of pyridine rings is 1. The van der Waals surface area contributed by atoms with Gasteiger partial charge < -0.3 is 24.7 Å². The van der Waals surface area contributed by atoms with Gasteiger partial charge in [0.2, 0.25) is 0 Å². The summed E-state index contributed by atoms with van der Waals surface area (Å²) in [6, 6.07) is 9.30. The molecular formula is C23H22N6O5. The van der Waals surface area contributed by atoms with Crippen LogP contribution in [0, 0.1) is 0 Å². The van der Waals surface area contributed by atoms with E-state index in [1.165, 1.54) is 11.1 Å². The largest absolute Gasteiger partial charge is 0.480 e. The Morgan fingerprint density at radius 3 is 3.00 bits per heavy atom. The van der Waals surface area contributed by atoms with Crippen LogP contribution in [-0.2, 0) is 16.0 Å². The Balaban J connectivity index is 1.05. The second-order valence-corrected chi connectivity index (χ2v) is 8.57. The third kappa shape index (κ3) is 3.54. The molecule has 3 aromatic rings. The molecular weight excluding hydrogens is 440 g/mol. The number of nitrogens with zero attached hydrogens (tertiary/aromatic N) is 4. The molecule has 2 N–H and O–H groups in total. The van der Waals surface area contributed by atoms with Gasteiger partial charge in [-0.3, -0.25) is 14.5 Å². The normalized spacial score (nSPS) is 20.8. The van der Waals surface area contributed by atoms with Crippen molar-refractivity contribution in [2.45, 2.75) is 25.0 Å². The van der Waals surface area contributed by atoms with E-state index in [1.54, 1.807) is 12.1 Å². The molecule has 174 valence electrons. The predicted molar refractivity (Wildman–Crippen MR) is 122 cm³/mol. The van der Waals surface area contributed by atoms with Crippen LogP contribution >= 0.6 is 0 Å². The lowest BCUT2D eigenvalue weighted by molar-refractivity contribution is -0.118. The van der Waals surface area contributed by atoms with E-state index in [-0.39, 0.29) is 30.2 Å². The number of carbonyl (C=O) groups excluding carboxylic acids is 2. The quantitative estimate of drug-likeness (QED) is 0.524. The summed E-state index contributed by atoms with van der Waals surface area (Å²) in [5, 5.41) is 6.05. The first-order valence-corrected chi connectivity index (χ1v) is 11.2. The molecule has 1 saturated heterocycles. The van der Waals surface area contributed by atoms with Crippen LogP contribution in [-0.4, -0.2) is 58.9 Å². The van der Waals surface area contributed by atoms with Gasteiger partial charge in [-0.2, -0.15) is 0 Å². The van der Waals surface area contributed by atoms with Crippen molar-refractivity contribution < 1.29 is 19.1 Å². The number of rotatable bonds is 6. The first-order chi connectivity index (χ1) is 16.6. The monoisotopic (exact) mass is 462 g/mol. The summed E-state index contributed by atoms with van der Waals surface area (Å²) in [5.74, 6) is 0.876. The van der Waals surface area contributed by atoms with Crippen LogP contribution in [0.15, 0.2) is 41.3 Å². The first-order valence-electron chi connectivity index (χ1n) is 11.2. The number of hydrogen-bond acceptors (Lipinski definition) is 8. The number of cyclic esters (lactones) is 1. The zero-order valence-electron chi connectivity index (χ0n) is 18.2. The summed E-state index contributed by atoms with van der Waals surface area (Å²) in [4.78, 5) is 46.4. The fraction of sp³-hybridized carbons (Fsp3) is 0.348. The van der Waals surface area contributed by atoms with Gasteiger partial charge in [-0.25, -0.2) is 14.8 Å². The molecule has 0 saturated carbocycles. The van der Waals surface area contributed by atoms with Crippen molar-refractivity contribution >= 4 is 34.7 Å². The Hall–Kier alpha value is -3.99. The molecule has 0 spiro atoms. The smallest absolute Gasteiger partial charge is 0.415 e. The number of fused-ring (bicyclic) bond motifs is 1. The van der Waals surface area contributed by atoms with Crippen molar-refractivity contribution in [3.8, 4) is 5.75 Å². The lowest BCUT2D eigenvalue weighted by atomic mass is 10.1. The second kappa shape index (κ2) is 8.10. The number of ether oxygens (including phenoxy) is 2. The van der Waals surface area contributed by atoms with Crippen LogP contribution in [0.25, 0.3) is 11.0 Å². The van der Waals surface area contributed by atoms with E-state index in [9.17, 15) is 14.4 Å². The zero-order chi connectivity index (χ0) is 23.2. The van der Waals surface area contributed by atoms with Crippen LogP contribution < -0.4 is 25.8 Å². The van der Waals surface area contributed by atoms with Crippen LogP contribution in [0.2, 0.25) is 0 Å². The van der Waals surface area contributed by atoms with Crippen molar-refractivity contribution in [2.75, 3.05) is 36.5 Å². The standard InChI is InChI=1S/C23H22N6O5/c30-19-12-33-17-4-5-18(26-22(17)27-19)28-11-15(34-23(28)32)6-7-24-9-14-8-13-2-1-3-16-21(13)29(14)20(31)10-25-16/h1-5,10,14-15,24H,6-9,11-12H2,(H,26,27,30)/t14-,15+/m1/s1. The van der Waals surface area contributed by atoms with E-state index in [1.807, 2.05) is 22.8 Å². The van der Waals surface area contributed by atoms with Gasteiger partial charge in [-0.1, -0.05) is 12.1 Å². The maximum atomic E-state index is 12.4. The highest BCUT2D eigenvalue weighted by Gasteiger charge is 2.34. The average Bonchev–Trinajstić information content (AvgIpc) is 3.40. The third-order valence-corrected chi connectivity index (χ3v) is 6.35. The first kappa shape index (κ1) is 20.6. The van der Waals surface area contributed by atoms with Gasteiger partial charge in [0.25, 0.3) is 11.5 Å². The van der Waals surface area contributed by atoms with Gasteiger partial charge in [0.1, 0.15) is 11.9 Å². The lowest BCUT2D eigenvalue weighted by Gasteiger charge is -2.19. The number of nitrogens with one attached hydrogen (secondary N) is 2. The highest BCUT2D eigenvalue weighted by Crippen LogP contribution is 2.31. The number of aromatic nitrogens is 3. The fourth-order valence-corrected chi connectivity index (χ4v) is 4.79. The third-order valence-electron chi connectivity index (χ3n) is 6.35. The minimum Gasteiger partial charge on any atom is -0.480 e. The molecule has 3 aliphatic rings. The van der Waals surface area contributed by atoms with Gasteiger partial charge in [-0.15, -0.1) is 0 Å². The molecule has 0 radical (unpaired) electrons. The maximum Gasteiger partial charge on any atom is 0.415 e. The molecule has 0 bridgehead atoms. The highest BCUT2D eigenvalue weighted by atomic mass is 16.6. The molecule has 2 atom stereocenters. The van der Waals surface area contributed by atoms with Crippen molar-refractivity contribution in [1.82, 2.24) is 19.9 Å². The van der Waals surface area contributed by atoms with E-state index in [2.05, 4.69) is 20.6 Å². The average molecular weight is 462 g/mol. The van der Waals surface area contributed by atoms with E-state index in [0.29, 0.717) is 43.4 Å². The van der Waals surface area contributed by atoms with E-state index >= 15 is 0 Å². The molecule has 11 heteroatoms. The van der Waals surface area contributed by atoms with E-state index in [0.717, 1.165) is 23.0 Å². The van der Waals surface area contributed by atoms with Gasteiger partial charge in [-0.05, 0) is 43.1 Å². The highest BCUT2D eigenvalue weighted by molar-refractivity contribution is 5.95. The summed E-state index contributed by atoms with van der Waals surface area (Å²) >= 11 is 0. The van der Waals surface area contributed by atoms with Gasteiger partial charge >= 0.3 is 6.09 Å². The van der Waals surface area contributed by atoms with Crippen molar-refractivity contribution in [3.63, 3.8) is 0 Å². The summed E-state index contributed by atoms with van der Waals surface area (Å²) in [5.41, 5.74) is 2.79. The van der Waals surface area contributed by atoms with E-state index < -0.39 is 6.09 Å². The van der Waals surface area contributed by atoms with Crippen LogP contribution in [0.3, 0.4) is 0 Å². The number of amides is 2. The molecule has 11 nitrogen and oxygen atoms in total. The zero-order valence-corrected chi connectivity index (χ0v) is 18.2. The Kier molecular flexibility index (Phi) is 4.91. The van der Waals surface area contributed by atoms with Crippen molar-refractivity contribution in [3.05, 3.63) is 52.4 Å². The summed E-state index contributed by atoms with van der Waals surface area (Å²) in [6.07, 6.45) is 2.01. The van der Waals surface area contributed by atoms with E-state index in [4.69, 9.17) is 9.47 Å². The SMILES string of the molecule is O=C1COc2ccc(N3C[C@H](CCNC[C@H]4Cc5cccc6ncc(=O)n4c56)OC3=O)nc2N1. The Morgan fingerprint density at radius 1 is 1.18 bits per heavy atom. The van der Waals surface area contributed by atoms with Gasteiger partial charge in [0, 0.05) is 6.54 Å². The lowest BCUT2D eigenvalue weighted by Crippen LogP contribution is -2.32. The van der Waals surface area contributed by atoms with Crippen LogP contribution in [0.1, 0.15) is 18.0 Å². The topological polar surface area (TPSA) is 128 Å².